The second-order valence-electron chi connectivity index (χ2n) is 6.22. The van der Waals surface area contributed by atoms with E-state index in [0.29, 0.717) is 6.42 Å². The first-order valence-corrected chi connectivity index (χ1v) is 7.31. The van der Waals surface area contributed by atoms with Crippen molar-refractivity contribution in [1.82, 2.24) is 5.32 Å². The summed E-state index contributed by atoms with van der Waals surface area (Å²) < 4.78 is 0. The second-order valence-corrected chi connectivity index (χ2v) is 6.22. The fraction of sp³-hybridized carbons (Fsp3) is 0.867. The fourth-order valence-electron chi connectivity index (χ4n) is 1.95. The van der Waals surface area contributed by atoms with Gasteiger partial charge in [0.15, 0.2) is 0 Å². The molecule has 0 heterocycles. The molecule has 4 nitrogen and oxygen atoms in total. The van der Waals surface area contributed by atoms with Crippen LogP contribution in [0.2, 0.25) is 0 Å². The van der Waals surface area contributed by atoms with Crippen molar-refractivity contribution in [1.29, 1.82) is 0 Å². The van der Waals surface area contributed by atoms with E-state index in [1.54, 1.807) is 0 Å². The maximum Gasteiger partial charge on any atom is 0.326 e. The van der Waals surface area contributed by atoms with Crippen molar-refractivity contribution in [3.63, 3.8) is 0 Å². The lowest BCUT2D eigenvalue weighted by Gasteiger charge is -2.27. The zero-order chi connectivity index (χ0) is 14.9. The number of amides is 1. The molecule has 1 atom stereocenters. The van der Waals surface area contributed by atoms with Crippen molar-refractivity contribution < 1.29 is 14.7 Å². The molecule has 0 aliphatic rings. The third-order valence-corrected chi connectivity index (χ3v) is 3.18. The average Bonchev–Trinajstić information content (AvgIpc) is 2.28. The molecule has 0 radical (unpaired) electrons. The first-order valence-electron chi connectivity index (χ1n) is 7.31. The van der Waals surface area contributed by atoms with E-state index in [9.17, 15) is 9.59 Å². The van der Waals surface area contributed by atoms with Crippen LogP contribution in [0.3, 0.4) is 0 Å². The van der Waals surface area contributed by atoms with Crippen LogP contribution in [-0.2, 0) is 9.59 Å². The summed E-state index contributed by atoms with van der Waals surface area (Å²) in [5.74, 6) is -1.12. The molecule has 0 aromatic rings. The number of aliphatic carboxylic acids is 1. The lowest BCUT2D eigenvalue weighted by molar-refractivity contribution is -0.144. The monoisotopic (exact) mass is 271 g/mol. The van der Waals surface area contributed by atoms with Crippen molar-refractivity contribution in [2.45, 2.75) is 78.7 Å². The molecule has 0 saturated carbocycles. The minimum atomic E-state index is -0.969. The van der Waals surface area contributed by atoms with Crippen LogP contribution in [0.1, 0.15) is 72.6 Å². The first kappa shape index (κ1) is 17.9. The number of rotatable bonds is 9. The standard InChI is InChI=1S/C15H29NO3/c1-5-6-7-8-9-10-11-12(17)16-13(14(18)19)15(2,3)4/h13H,5-11H2,1-4H3,(H,16,17)(H,18,19). The molecule has 0 saturated heterocycles. The highest BCUT2D eigenvalue weighted by atomic mass is 16.4. The number of unbranched alkanes of at least 4 members (excludes halogenated alkanes) is 5. The van der Waals surface area contributed by atoms with Gasteiger partial charge in [-0.25, -0.2) is 4.79 Å². The fourth-order valence-corrected chi connectivity index (χ4v) is 1.95. The van der Waals surface area contributed by atoms with Gasteiger partial charge in [0, 0.05) is 6.42 Å². The molecule has 112 valence electrons. The van der Waals surface area contributed by atoms with Crippen molar-refractivity contribution in [3.8, 4) is 0 Å². The Morgan fingerprint density at radius 3 is 2.05 bits per heavy atom. The zero-order valence-electron chi connectivity index (χ0n) is 12.8. The van der Waals surface area contributed by atoms with Gasteiger partial charge in [-0.15, -0.1) is 0 Å². The number of carboxylic acids is 1. The molecule has 0 fully saturated rings. The van der Waals surface area contributed by atoms with Gasteiger partial charge < -0.3 is 10.4 Å². The van der Waals surface area contributed by atoms with Crippen LogP contribution < -0.4 is 5.32 Å². The average molecular weight is 271 g/mol. The van der Waals surface area contributed by atoms with E-state index in [1.165, 1.54) is 19.3 Å². The van der Waals surface area contributed by atoms with E-state index in [4.69, 9.17) is 5.11 Å². The van der Waals surface area contributed by atoms with Crippen LogP contribution in [-0.4, -0.2) is 23.0 Å². The van der Waals surface area contributed by atoms with Gasteiger partial charge in [-0.2, -0.15) is 0 Å². The third kappa shape index (κ3) is 8.62. The SMILES string of the molecule is CCCCCCCCC(=O)NC(C(=O)O)C(C)(C)C. The summed E-state index contributed by atoms with van der Waals surface area (Å²) in [6.45, 7) is 7.62. The normalized spacial score (nSPS) is 13.1. The zero-order valence-corrected chi connectivity index (χ0v) is 12.8. The summed E-state index contributed by atoms with van der Waals surface area (Å²) in [6.07, 6.45) is 7.14. The molecule has 1 unspecified atom stereocenters. The van der Waals surface area contributed by atoms with Gasteiger partial charge in [0.25, 0.3) is 0 Å². The summed E-state index contributed by atoms with van der Waals surface area (Å²) in [7, 11) is 0. The Labute approximate surface area is 117 Å². The Hall–Kier alpha value is -1.06. The number of hydrogen-bond donors (Lipinski definition) is 2. The Morgan fingerprint density at radius 1 is 1.05 bits per heavy atom. The van der Waals surface area contributed by atoms with E-state index < -0.39 is 17.4 Å². The lowest BCUT2D eigenvalue weighted by atomic mass is 9.86. The molecule has 0 bridgehead atoms. The summed E-state index contributed by atoms with van der Waals surface area (Å²) in [5.41, 5.74) is -0.470. The van der Waals surface area contributed by atoms with Crippen molar-refractivity contribution >= 4 is 11.9 Å². The van der Waals surface area contributed by atoms with Crippen LogP contribution in [0.25, 0.3) is 0 Å². The first-order chi connectivity index (χ1) is 8.79. The quantitative estimate of drug-likeness (QED) is 0.632. The van der Waals surface area contributed by atoms with Gasteiger partial charge in [0.1, 0.15) is 6.04 Å². The molecule has 0 aromatic heterocycles. The molecule has 2 N–H and O–H groups in total. The molecule has 0 rings (SSSR count). The maximum atomic E-state index is 11.7. The number of carbonyl (C=O) groups excluding carboxylic acids is 1. The van der Waals surface area contributed by atoms with Crippen LogP contribution >= 0.6 is 0 Å². The minimum absolute atomic E-state index is 0.155. The van der Waals surface area contributed by atoms with Crippen molar-refractivity contribution in [3.05, 3.63) is 0 Å². The number of carbonyl (C=O) groups is 2. The van der Waals surface area contributed by atoms with Crippen LogP contribution in [0, 0.1) is 5.41 Å². The Balaban J connectivity index is 3.92. The predicted octanol–water partition coefficient (Wildman–Crippen LogP) is 3.35. The Morgan fingerprint density at radius 2 is 1.58 bits per heavy atom. The molecule has 19 heavy (non-hydrogen) atoms. The minimum Gasteiger partial charge on any atom is -0.480 e. The van der Waals surface area contributed by atoms with Gasteiger partial charge in [-0.05, 0) is 11.8 Å². The molecule has 0 aliphatic heterocycles. The van der Waals surface area contributed by atoms with Gasteiger partial charge >= 0.3 is 5.97 Å². The van der Waals surface area contributed by atoms with Gasteiger partial charge in [-0.3, -0.25) is 4.79 Å². The van der Waals surface area contributed by atoms with E-state index in [2.05, 4.69) is 12.2 Å². The van der Waals surface area contributed by atoms with Crippen LogP contribution in [0.15, 0.2) is 0 Å². The van der Waals surface area contributed by atoms with Crippen LogP contribution in [0.5, 0.6) is 0 Å². The second kappa shape index (κ2) is 8.94. The molecular weight excluding hydrogens is 242 g/mol. The van der Waals surface area contributed by atoms with E-state index in [1.807, 2.05) is 20.8 Å². The molecule has 4 heteroatoms. The third-order valence-electron chi connectivity index (χ3n) is 3.18. The number of nitrogens with one attached hydrogen (secondary N) is 1. The Bertz CT molecular complexity index is 282. The van der Waals surface area contributed by atoms with Gasteiger partial charge in [0.05, 0.1) is 0 Å². The topological polar surface area (TPSA) is 66.4 Å². The number of hydrogen-bond acceptors (Lipinski definition) is 2. The van der Waals surface area contributed by atoms with Crippen molar-refractivity contribution in [2.24, 2.45) is 5.41 Å². The van der Waals surface area contributed by atoms with Crippen LogP contribution in [0.4, 0.5) is 0 Å². The maximum absolute atomic E-state index is 11.7. The van der Waals surface area contributed by atoms with Gasteiger partial charge in [-0.1, -0.05) is 59.8 Å². The summed E-state index contributed by atoms with van der Waals surface area (Å²) in [6, 6.07) is -0.819. The highest BCUT2D eigenvalue weighted by molar-refractivity contribution is 5.84. The smallest absolute Gasteiger partial charge is 0.326 e. The molecule has 0 aromatic carbocycles. The lowest BCUT2D eigenvalue weighted by Crippen LogP contribution is -2.49. The van der Waals surface area contributed by atoms with Gasteiger partial charge in [0.2, 0.25) is 5.91 Å². The molecule has 0 aliphatic carbocycles. The van der Waals surface area contributed by atoms with E-state index >= 15 is 0 Å². The molecule has 0 spiro atoms. The summed E-state index contributed by atoms with van der Waals surface area (Å²) in [4.78, 5) is 22.8. The largest absolute Gasteiger partial charge is 0.480 e. The van der Waals surface area contributed by atoms with Crippen molar-refractivity contribution in [2.75, 3.05) is 0 Å². The highest BCUT2D eigenvalue weighted by Crippen LogP contribution is 2.19. The Kier molecular flexibility index (Phi) is 8.44. The van der Waals surface area contributed by atoms with E-state index in [-0.39, 0.29) is 5.91 Å². The number of carboxylic acid groups (broad SMARTS) is 1. The summed E-state index contributed by atoms with van der Waals surface area (Å²) >= 11 is 0. The highest BCUT2D eigenvalue weighted by Gasteiger charge is 2.32. The molecule has 1 amide bonds. The molecular formula is C15H29NO3. The summed E-state index contributed by atoms with van der Waals surface area (Å²) in [5, 5.41) is 11.7. The van der Waals surface area contributed by atoms with E-state index in [0.717, 1.165) is 19.3 Å². The predicted molar refractivity (Wildman–Crippen MR) is 77.0 cm³/mol.